The number of hydrogen-bond acceptors (Lipinski definition) is 2. The Labute approximate surface area is 205 Å². The van der Waals surface area contributed by atoms with Gasteiger partial charge in [0.2, 0.25) is 0 Å². The van der Waals surface area contributed by atoms with Gasteiger partial charge in [0.25, 0.3) is 0 Å². The Morgan fingerprint density at radius 3 is 2.50 bits per heavy atom. The third kappa shape index (κ3) is 4.03. The number of aromatic nitrogens is 1. The summed E-state index contributed by atoms with van der Waals surface area (Å²) in [6, 6.07) is 25.9. The minimum Gasteiger partial charge on any atom is -0.378 e. The van der Waals surface area contributed by atoms with Crippen LogP contribution < -0.4 is 10.2 Å². The Bertz CT molecular complexity index is 1340. The zero-order chi connectivity index (χ0) is 23.8. The first kappa shape index (κ1) is 22.1. The van der Waals surface area contributed by atoms with Gasteiger partial charge in [0, 0.05) is 42.4 Å². The van der Waals surface area contributed by atoms with Gasteiger partial charge in [-0.2, -0.15) is 0 Å². The molecule has 2 heterocycles. The van der Waals surface area contributed by atoms with E-state index in [9.17, 15) is 4.79 Å². The molecule has 0 saturated carbocycles. The number of halogens is 1. The fourth-order valence-corrected chi connectivity index (χ4v) is 4.69. The summed E-state index contributed by atoms with van der Waals surface area (Å²) >= 11 is 6.32. The van der Waals surface area contributed by atoms with Crippen molar-refractivity contribution < 1.29 is 4.79 Å². The van der Waals surface area contributed by atoms with E-state index in [2.05, 4.69) is 63.4 Å². The van der Waals surface area contributed by atoms with Crippen molar-refractivity contribution >= 4 is 29.0 Å². The largest absolute Gasteiger partial charge is 0.378 e. The van der Waals surface area contributed by atoms with Gasteiger partial charge in [0.1, 0.15) is 0 Å². The highest BCUT2D eigenvalue weighted by Crippen LogP contribution is 2.37. The van der Waals surface area contributed by atoms with E-state index in [1.165, 1.54) is 0 Å². The van der Waals surface area contributed by atoms with Crippen LogP contribution in [0.5, 0.6) is 0 Å². The number of urea groups is 1. The monoisotopic (exact) mass is 470 g/mol. The highest BCUT2D eigenvalue weighted by molar-refractivity contribution is 6.31. The molecular weight excluding hydrogens is 444 g/mol. The Kier molecular flexibility index (Phi) is 5.80. The molecule has 34 heavy (non-hydrogen) atoms. The molecule has 0 fully saturated rings. The highest BCUT2D eigenvalue weighted by Gasteiger charge is 2.33. The number of aryl methyl sites for hydroxylation is 1. The zero-order valence-electron chi connectivity index (χ0n) is 19.5. The predicted octanol–water partition coefficient (Wildman–Crippen LogP) is 6.64. The number of nitrogens with zero attached hydrogens (tertiary/aromatic N) is 3. The number of para-hydroxylation sites is 1. The van der Waals surface area contributed by atoms with Gasteiger partial charge in [-0.15, -0.1) is 0 Å². The molecule has 1 N–H and O–H groups in total. The van der Waals surface area contributed by atoms with Crippen LogP contribution in [-0.2, 0) is 6.54 Å². The number of carbonyl (C=O) groups is 1. The Balaban J connectivity index is 1.60. The first-order valence-corrected chi connectivity index (χ1v) is 11.7. The molecule has 0 saturated heterocycles. The number of benzene rings is 3. The lowest BCUT2D eigenvalue weighted by Crippen LogP contribution is -2.37. The zero-order valence-corrected chi connectivity index (χ0v) is 20.3. The maximum absolute atomic E-state index is 13.8. The maximum atomic E-state index is 13.8. The van der Waals surface area contributed by atoms with Crippen molar-refractivity contribution in [1.29, 1.82) is 0 Å². The van der Waals surface area contributed by atoms with Crippen LogP contribution in [0.15, 0.2) is 85.1 Å². The summed E-state index contributed by atoms with van der Waals surface area (Å²) < 4.78 is 2.19. The molecule has 1 aromatic heterocycles. The van der Waals surface area contributed by atoms with Crippen molar-refractivity contribution in [3.63, 3.8) is 0 Å². The number of carbonyl (C=O) groups excluding carboxylic acids is 1. The SMILES string of the molecule is Cc1ccc(NC(=O)N2Cc3ccccc3-n3cccc3C2c2ccc(N(C)C)cc2)cc1Cl. The van der Waals surface area contributed by atoms with Crippen LogP contribution >= 0.6 is 11.6 Å². The van der Waals surface area contributed by atoms with Crippen molar-refractivity contribution in [3.8, 4) is 5.69 Å². The van der Waals surface area contributed by atoms with Gasteiger partial charge in [0.15, 0.2) is 0 Å². The molecule has 5 rings (SSSR count). The number of anilines is 2. The van der Waals surface area contributed by atoms with Crippen LogP contribution in [0.4, 0.5) is 16.2 Å². The molecule has 0 spiro atoms. The highest BCUT2D eigenvalue weighted by atomic mass is 35.5. The molecule has 2 amide bonds. The molecule has 1 unspecified atom stereocenters. The van der Waals surface area contributed by atoms with E-state index in [1.807, 2.05) is 56.3 Å². The quantitative estimate of drug-likeness (QED) is 0.364. The lowest BCUT2D eigenvalue weighted by molar-refractivity contribution is 0.194. The predicted molar refractivity (Wildman–Crippen MR) is 139 cm³/mol. The average Bonchev–Trinajstić information content (AvgIpc) is 3.26. The number of fused-ring (bicyclic) bond motifs is 3. The molecule has 1 aliphatic heterocycles. The molecule has 4 aromatic rings. The molecule has 1 aliphatic rings. The molecule has 172 valence electrons. The molecular formula is C28H27ClN4O. The molecule has 5 nitrogen and oxygen atoms in total. The minimum absolute atomic E-state index is 0.175. The van der Waals surface area contributed by atoms with E-state index in [0.717, 1.165) is 33.8 Å². The van der Waals surface area contributed by atoms with Crippen molar-refractivity contribution in [1.82, 2.24) is 9.47 Å². The second-order valence-electron chi connectivity index (χ2n) is 8.84. The fraction of sp³-hybridized carbons (Fsp3) is 0.179. The first-order chi connectivity index (χ1) is 16.4. The molecule has 0 radical (unpaired) electrons. The van der Waals surface area contributed by atoms with Gasteiger partial charge in [-0.05, 0) is 66.1 Å². The van der Waals surface area contributed by atoms with Gasteiger partial charge in [-0.3, -0.25) is 0 Å². The number of hydrogen-bond donors (Lipinski definition) is 1. The summed E-state index contributed by atoms with van der Waals surface area (Å²) in [5, 5.41) is 3.70. The lowest BCUT2D eigenvalue weighted by atomic mass is 10.0. The molecule has 6 heteroatoms. The van der Waals surface area contributed by atoms with Gasteiger partial charge in [-0.1, -0.05) is 48.0 Å². The molecule has 0 aliphatic carbocycles. The second kappa shape index (κ2) is 8.92. The van der Waals surface area contributed by atoms with E-state index in [0.29, 0.717) is 17.3 Å². The lowest BCUT2D eigenvalue weighted by Gasteiger charge is -2.31. The first-order valence-electron chi connectivity index (χ1n) is 11.3. The van der Waals surface area contributed by atoms with Gasteiger partial charge >= 0.3 is 6.03 Å². The fourth-order valence-electron chi connectivity index (χ4n) is 4.51. The Morgan fingerprint density at radius 1 is 1.00 bits per heavy atom. The number of rotatable bonds is 3. The summed E-state index contributed by atoms with van der Waals surface area (Å²) in [4.78, 5) is 17.7. The summed E-state index contributed by atoms with van der Waals surface area (Å²) in [6.45, 7) is 2.42. The van der Waals surface area contributed by atoms with Crippen LogP contribution in [0.2, 0.25) is 5.02 Å². The summed E-state index contributed by atoms with van der Waals surface area (Å²) in [6.07, 6.45) is 2.07. The standard InChI is InChI=1S/C28H27ClN4O/c1-19-10-13-22(17-24(19)29)30-28(34)33-18-21-7-4-5-8-25(21)32-16-6-9-26(32)27(33)20-11-14-23(15-12-20)31(2)3/h4-17,27H,18H2,1-3H3,(H,30,34). The van der Waals surface area contributed by atoms with Crippen LogP contribution in [0.3, 0.4) is 0 Å². The minimum atomic E-state index is -0.264. The Hall–Kier alpha value is -3.70. The topological polar surface area (TPSA) is 40.5 Å². The number of amides is 2. The third-order valence-electron chi connectivity index (χ3n) is 6.37. The van der Waals surface area contributed by atoms with Crippen LogP contribution in [0.25, 0.3) is 5.69 Å². The van der Waals surface area contributed by atoms with Crippen molar-refractivity contribution in [2.45, 2.75) is 19.5 Å². The summed E-state index contributed by atoms with van der Waals surface area (Å²) in [5.41, 5.74) is 7.03. The van der Waals surface area contributed by atoms with E-state index in [-0.39, 0.29) is 12.1 Å². The molecule has 3 aromatic carbocycles. The number of nitrogens with one attached hydrogen (secondary N) is 1. The van der Waals surface area contributed by atoms with Gasteiger partial charge < -0.3 is 19.7 Å². The maximum Gasteiger partial charge on any atom is 0.322 e. The third-order valence-corrected chi connectivity index (χ3v) is 6.78. The summed E-state index contributed by atoms with van der Waals surface area (Å²) in [5.74, 6) is 0. The van der Waals surface area contributed by atoms with E-state index < -0.39 is 0 Å². The van der Waals surface area contributed by atoms with Crippen molar-refractivity contribution in [2.24, 2.45) is 0 Å². The summed E-state index contributed by atoms with van der Waals surface area (Å²) in [7, 11) is 4.05. The van der Waals surface area contributed by atoms with E-state index in [4.69, 9.17) is 11.6 Å². The molecule has 1 atom stereocenters. The van der Waals surface area contributed by atoms with Crippen LogP contribution in [0, 0.1) is 6.92 Å². The molecule has 0 bridgehead atoms. The average molecular weight is 471 g/mol. The van der Waals surface area contributed by atoms with Crippen LogP contribution in [-0.4, -0.2) is 29.6 Å². The van der Waals surface area contributed by atoms with Crippen molar-refractivity contribution in [2.75, 3.05) is 24.3 Å². The smallest absolute Gasteiger partial charge is 0.322 e. The second-order valence-corrected chi connectivity index (χ2v) is 9.25. The van der Waals surface area contributed by atoms with Gasteiger partial charge in [-0.25, -0.2) is 4.79 Å². The van der Waals surface area contributed by atoms with Gasteiger partial charge in [0.05, 0.1) is 18.3 Å². The van der Waals surface area contributed by atoms with Crippen molar-refractivity contribution in [3.05, 3.63) is 112 Å². The normalized spacial score (nSPS) is 14.7. The van der Waals surface area contributed by atoms with E-state index in [1.54, 1.807) is 6.07 Å². The van der Waals surface area contributed by atoms with E-state index >= 15 is 0 Å². The van der Waals surface area contributed by atoms with Crippen LogP contribution in [0.1, 0.15) is 28.4 Å². The Morgan fingerprint density at radius 2 is 1.76 bits per heavy atom.